The molecule has 1 unspecified atom stereocenters. The summed E-state index contributed by atoms with van der Waals surface area (Å²) in [5, 5.41) is 20.5. The van der Waals surface area contributed by atoms with Gasteiger partial charge in [-0.05, 0) is 279 Å². The Balaban J connectivity index is 0.670. The maximum Gasteiger partial charge on any atom is 0.333 e. The Bertz CT molecular complexity index is 8880. The highest BCUT2D eigenvalue weighted by molar-refractivity contribution is 7.26. The third-order valence-corrected chi connectivity index (χ3v) is 35.7. The van der Waals surface area contributed by atoms with E-state index in [2.05, 4.69) is 351 Å². The van der Waals surface area contributed by atoms with Crippen LogP contribution in [-0.4, -0.2) is 22.8 Å². The summed E-state index contributed by atoms with van der Waals surface area (Å²) in [6.07, 6.45) is 5.57. The number of aromatic nitrogens is 2. The standard InChI is InChI=1S/C119H94B2N4O2S2/c1-63-49-82-84(116(6,7)47-45-114(82,2)3)58-93(63)125-95-61-99-98(126-96-36-20-21-37-97(96)127-99)57-77(95)78-53-69-50-68(40-41-72(69)113-107(78)120(125)90-34-22-31-73-75-42-39-64-25-16-18-29-70(64)109(75)123(113)111(73)90)88-62-118(10,11)86-60-103-80(56-87(86)119(88,12)13)106-101(129-103)44-43-92-105(106)81-52-67-28-17-19-30-71(67)112-108(81)121(89-33-23-32-74-76-51-65-26-14-15-27-66(65)54-94(76)122(112)110(74)89)124(92)91-35-24-38-100-104(91)79-55-83-85(59-102(79)128-100)117(8,9)48-46-115(83,4)5/h14-44,49-61,88H,45-48,62H2,1-13H3. The first-order chi connectivity index (χ1) is 62.3. The topological polar surface area (TPSA) is 34.8 Å². The van der Waals surface area contributed by atoms with E-state index in [0.717, 1.165) is 59.9 Å². The first-order valence-electron chi connectivity index (χ1n) is 46.8. The number of nitrogens with zero attached hydrogens (tertiary/aromatic N) is 4. The van der Waals surface area contributed by atoms with Crippen LogP contribution in [0.5, 0.6) is 23.0 Å². The lowest BCUT2D eigenvalue weighted by Gasteiger charge is -2.48. The Hall–Kier alpha value is -12.9. The van der Waals surface area contributed by atoms with Gasteiger partial charge in [-0.3, -0.25) is 0 Å². The minimum Gasteiger partial charge on any atom is -0.449 e. The third kappa shape index (κ3) is 9.54. The average molecular weight is 1700 g/mol. The monoisotopic (exact) mass is 1700 g/mol. The fourth-order valence-electron chi connectivity index (χ4n) is 26.7. The number of fused-ring (bicyclic) bond motifs is 33. The van der Waals surface area contributed by atoms with Crippen molar-refractivity contribution in [3.8, 4) is 56.6 Å². The fraction of sp³-hybridized carbons (Fsp3) is 0.210. The van der Waals surface area contributed by atoms with Crippen molar-refractivity contribution in [3.05, 3.63) is 311 Å². The van der Waals surface area contributed by atoms with E-state index in [4.69, 9.17) is 9.47 Å². The minimum atomic E-state index is -0.340. The molecule has 0 saturated carbocycles. The number of aryl methyl sites for hydroxylation is 1. The van der Waals surface area contributed by atoms with Gasteiger partial charge in [0, 0.05) is 118 Å². The van der Waals surface area contributed by atoms with Crippen LogP contribution in [-0.2, 0) is 32.5 Å². The maximum absolute atomic E-state index is 7.08. The molecule has 0 amide bonds. The van der Waals surface area contributed by atoms with Crippen molar-refractivity contribution in [2.75, 3.05) is 9.62 Å². The molecule has 10 heteroatoms. The summed E-state index contributed by atoms with van der Waals surface area (Å²) in [5.74, 6) is 3.01. The number of para-hydroxylation sites is 4. The van der Waals surface area contributed by atoms with E-state index in [9.17, 15) is 0 Å². The molecule has 0 radical (unpaired) electrons. The van der Waals surface area contributed by atoms with Gasteiger partial charge in [0.25, 0.3) is 0 Å². The van der Waals surface area contributed by atoms with E-state index in [1.165, 1.54) is 245 Å². The van der Waals surface area contributed by atoms with Crippen molar-refractivity contribution in [1.82, 2.24) is 9.13 Å². The molecule has 21 aromatic rings. The van der Waals surface area contributed by atoms with Crippen LogP contribution < -0.4 is 40.9 Å². The highest BCUT2D eigenvalue weighted by Gasteiger charge is 2.52. The van der Waals surface area contributed by atoms with E-state index >= 15 is 0 Å². The number of rotatable bonds is 3. The zero-order valence-electron chi connectivity index (χ0n) is 75.1. The molecule has 29 rings (SSSR count). The van der Waals surface area contributed by atoms with Crippen molar-refractivity contribution >= 4 is 208 Å². The predicted octanol–water partition coefficient (Wildman–Crippen LogP) is 30.4. The van der Waals surface area contributed by atoms with E-state index in [1.54, 1.807) is 0 Å². The zero-order valence-corrected chi connectivity index (χ0v) is 76.7. The summed E-state index contributed by atoms with van der Waals surface area (Å²) in [6, 6.07) is 106. The summed E-state index contributed by atoms with van der Waals surface area (Å²) in [6.45, 7) is 32.1. The average Bonchev–Trinajstić information content (AvgIpc) is 1.59. The molecule has 6 nitrogen and oxygen atoms in total. The van der Waals surface area contributed by atoms with Crippen molar-refractivity contribution in [1.29, 1.82) is 0 Å². The number of anilines is 4. The lowest BCUT2D eigenvalue weighted by Crippen LogP contribution is -2.60. The van der Waals surface area contributed by atoms with E-state index in [1.807, 2.05) is 46.9 Å². The van der Waals surface area contributed by atoms with Gasteiger partial charge in [-0.25, -0.2) is 0 Å². The summed E-state index contributed by atoms with van der Waals surface area (Å²) in [7, 11) is 0. The first-order valence-corrected chi connectivity index (χ1v) is 48.5. The first kappa shape index (κ1) is 74.1. The minimum absolute atomic E-state index is 0.0296. The van der Waals surface area contributed by atoms with Gasteiger partial charge >= 0.3 is 13.7 Å². The molecule has 9 heterocycles. The van der Waals surface area contributed by atoms with Crippen LogP contribution in [0, 0.1) is 6.92 Å². The number of benzene rings is 17. The molecule has 8 aliphatic rings. The van der Waals surface area contributed by atoms with Gasteiger partial charge in [0.1, 0.15) is 0 Å². The van der Waals surface area contributed by atoms with Crippen LogP contribution in [0.3, 0.4) is 0 Å². The number of hydrogen-bond donors (Lipinski definition) is 0. The highest BCUT2D eigenvalue weighted by Crippen LogP contribution is 2.62. The van der Waals surface area contributed by atoms with E-state index in [0.29, 0.717) is 0 Å². The molecule has 1 atom stereocenters. The molecule has 620 valence electrons. The van der Waals surface area contributed by atoms with Crippen LogP contribution in [0.1, 0.15) is 166 Å². The molecule has 4 aromatic heterocycles. The molecule has 0 fully saturated rings. The van der Waals surface area contributed by atoms with Crippen molar-refractivity contribution in [3.63, 3.8) is 0 Å². The van der Waals surface area contributed by atoms with Crippen molar-refractivity contribution in [2.24, 2.45) is 0 Å². The number of ether oxygens (including phenoxy) is 2. The van der Waals surface area contributed by atoms with Crippen LogP contribution in [0.2, 0.25) is 0 Å². The van der Waals surface area contributed by atoms with Crippen LogP contribution in [0.15, 0.2) is 267 Å². The van der Waals surface area contributed by atoms with Gasteiger partial charge in [0.2, 0.25) is 0 Å². The Morgan fingerprint density at radius 3 is 1.57 bits per heavy atom. The largest absolute Gasteiger partial charge is 0.449 e. The lowest BCUT2D eigenvalue weighted by atomic mass is 9.43. The highest BCUT2D eigenvalue weighted by atomic mass is 32.1. The quantitative estimate of drug-likeness (QED) is 0.165. The van der Waals surface area contributed by atoms with Gasteiger partial charge in [0.05, 0.1) is 33.4 Å². The molecule has 5 aliphatic heterocycles. The number of thiophene rings is 2. The second-order valence-corrected chi connectivity index (χ2v) is 45.4. The molecule has 0 bridgehead atoms. The van der Waals surface area contributed by atoms with Gasteiger partial charge in [0.15, 0.2) is 23.0 Å². The van der Waals surface area contributed by atoms with Gasteiger partial charge in [-0.2, -0.15) is 0 Å². The Kier molecular flexibility index (Phi) is 14.1. The second kappa shape index (κ2) is 24.6. The smallest absolute Gasteiger partial charge is 0.333 e. The molecule has 0 spiro atoms. The second-order valence-electron chi connectivity index (χ2n) is 43.2. The van der Waals surface area contributed by atoms with Crippen LogP contribution >= 0.6 is 22.7 Å². The lowest BCUT2D eigenvalue weighted by molar-refractivity contribution is 0.283. The molecular weight excluding hydrogens is 1600 g/mol. The fourth-order valence-corrected chi connectivity index (χ4v) is 29.0. The molecule has 0 saturated heterocycles. The van der Waals surface area contributed by atoms with Gasteiger partial charge in [-0.1, -0.05) is 247 Å². The van der Waals surface area contributed by atoms with Gasteiger partial charge < -0.3 is 28.2 Å². The summed E-state index contributed by atoms with van der Waals surface area (Å²) < 4.78 is 25.0. The van der Waals surface area contributed by atoms with Crippen molar-refractivity contribution < 1.29 is 9.47 Å². The zero-order chi connectivity index (χ0) is 86.4. The third-order valence-electron chi connectivity index (χ3n) is 33.5. The normalized spacial score (nSPS) is 18.0. The van der Waals surface area contributed by atoms with E-state index in [-0.39, 0.29) is 52.1 Å². The molecule has 17 aromatic carbocycles. The Morgan fingerprint density at radius 2 is 0.845 bits per heavy atom. The molecule has 129 heavy (non-hydrogen) atoms. The van der Waals surface area contributed by atoms with Crippen molar-refractivity contribution in [2.45, 2.75) is 161 Å². The molecule has 0 N–H and O–H groups in total. The number of hydrogen-bond acceptors (Lipinski definition) is 6. The maximum atomic E-state index is 7.08. The summed E-state index contributed by atoms with van der Waals surface area (Å²) in [4.78, 5) is 5.60. The van der Waals surface area contributed by atoms with Crippen LogP contribution in [0.4, 0.5) is 22.7 Å². The Labute approximate surface area is 759 Å². The predicted molar refractivity (Wildman–Crippen MR) is 551 cm³/mol. The Morgan fingerprint density at radius 1 is 0.318 bits per heavy atom. The SMILES string of the molecule is Cc1cc2c(cc1N1B3c4c(cc5cc(C6CC(C)(C)c7cc8sc9ccc%10c(c9c8cc7C6(C)C)-c6cc7ccccc7c7c6B(c6cccc8c9cc%11ccccc%11cc9n-7c68)N%10c6cccc7sc8cc9c(cc8c67)C(C)(C)CCC9(C)C)ccc5c4-n4c5c3cccc5c3ccc5ccccc5c34)-c3cc4c(cc31)Oc1ccccc1O4)C(C)(C)CCC2(C)C. The van der Waals surface area contributed by atoms with E-state index < -0.39 is 0 Å². The summed E-state index contributed by atoms with van der Waals surface area (Å²) in [5.41, 5.74) is 33.8. The molecule has 3 aliphatic carbocycles. The van der Waals surface area contributed by atoms with Gasteiger partial charge in [-0.15, -0.1) is 22.7 Å². The summed E-state index contributed by atoms with van der Waals surface area (Å²) >= 11 is 3.97. The van der Waals surface area contributed by atoms with Crippen LogP contribution in [0.25, 0.3) is 161 Å². The molecular formula is C119H94B2N4O2S2.